The second kappa shape index (κ2) is 6.71. The van der Waals surface area contributed by atoms with Crippen molar-refractivity contribution in [3.63, 3.8) is 0 Å². The lowest BCUT2D eigenvalue weighted by molar-refractivity contribution is 0.0944. The summed E-state index contributed by atoms with van der Waals surface area (Å²) in [6, 6.07) is 13.5. The third kappa shape index (κ3) is 3.46. The van der Waals surface area contributed by atoms with Gasteiger partial charge in [-0.2, -0.15) is 0 Å². The maximum atomic E-state index is 12.7. The number of benzene rings is 1. The number of thiazole rings is 1. The van der Waals surface area contributed by atoms with Crippen molar-refractivity contribution in [3.8, 4) is 11.3 Å². The van der Waals surface area contributed by atoms with E-state index in [1.807, 2.05) is 56.3 Å². The molecule has 1 atom stereocenters. The van der Waals surface area contributed by atoms with Crippen LogP contribution in [0.5, 0.6) is 0 Å². The Hall–Kier alpha value is -2.53. The first kappa shape index (κ1) is 15.4. The molecule has 0 fully saturated rings. The highest BCUT2D eigenvalue weighted by atomic mass is 32.1. The van der Waals surface area contributed by atoms with Gasteiger partial charge in [0, 0.05) is 18.0 Å². The second-order valence-corrected chi connectivity index (χ2v) is 6.46. The summed E-state index contributed by atoms with van der Waals surface area (Å²) in [5, 5.41) is 3.92. The zero-order valence-electron chi connectivity index (χ0n) is 13.0. The van der Waals surface area contributed by atoms with Gasteiger partial charge in [-0.3, -0.25) is 9.78 Å². The first-order valence-electron chi connectivity index (χ1n) is 7.39. The van der Waals surface area contributed by atoms with Crippen LogP contribution in [-0.4, -0.2) is 15.9 Å². The highest BCUT2D eigenvalue weighted by Gasteiger charge is 2.20. The van der Waals surface area contributed by atoms with Gasteiger partial charge in [0.1, 0.15) is 4.88 Å². The minimum absolute atomic E-state index is 0.0865. The van der Waals surface area contributed by atoms with E-state index in [2.05, 4.69) is 15.3 Å². The lowest BCUT2D eigenvalue weighted by atomic mass is 10.1. The van der Waals surface area contributed by atoms with Gasteiger partial charge in [0.25, 0.3) is 5.91 Å². The van der Waals surface area contributed by atoms with E-state index in [1.165, 1.54) is 11.3 Å². The molecule has 1 amide bonds. The van der Waals surface area contributed by atoms with Crippen LogP contribution < -0.4 is 5.32 Å². The van der Waals surface area contributed by atoms with Crippen LogP contribution in [0.3, 0.4) is 0 Å². The zero-order valence-corrected chi connectivity index (χ0v) is 13.8. The number of carbonyl (C=O) groups excluding carboxylic acids is 1. The molecule has 1 aromatic carbocycles. The van der Waals surface area contributed by atoms with Crippen molar-refractivity contribution >= 4 is 17.2 Å². The van der Waals surface area contributed by atoms with Crippen LogP contribution in [0.15, 0.2) is 54.9 Å². The number of hydrogen-bond donors (Lipinski definition) is 1. The van der Waals surface area contributed by atoms with Crippen LogP contribution in [0, 0.1) is 6.92 Å². The largest absolute Gasteiger partial charge is 0.345 e. The predicted octanol–water partition coefficient (Wildman–Crippen LogP) is 4.00. The maximum absolute atomic E-state index is 12.7. The Morgan fingerprint density at radius 3 is 2.52 bits per heavy atom. The van der Waals surface area contributed by atoms with Crippen LogP contribution in [0.1, 0.15) is 33.2 Å². The van der Waals surface area contributed by atoms with Crippen molar-refractivity contribution in [1.82, 2.24) is 15.3 Å². The Kier molecular flexibility index (Phi) is 4.48. The molecule has 0 spiro atoms. The summed E-state index contributed by atoms with van der Waals surface area (Å²) < 4.78 is 0. The van der Waals surface area contributed by atoms with Crippen LogP contribution >= 0.6 is 11.3 Å². The van der Waals surface area contributed by atoms with Gasteiger partial charge in [0.2, 0.25) is 0 Å². The van der Waals surface area contributed by atoms with Gasteiger partial charge < -0.3 is 5.32 Å². The van der Waals surface area contributed by atoms with Crippen molar-refractivity contribution in [2.45, 2.75) is 19.9 Å². The fourth-order valence-electron chi connectivity index (χ4n) is 2.37. The standard InChI is InChI=1S/C18H17N3OS/c1-12(14-8-10-19-11-9-14)20-18(22)17-16(21-13(2)23-17)15-6-4-3-5-7-15/h3-12H,1-2H3,(H,20,22). The number of carbonyl (C=O) groups is 1. The summed E-state index contributed by atoms with van der Waals surface area (Å²) in [5.74, 6) is -0.0984. The molecule has 2 heterocycles. The monoisotopic (exact) mass is 323 g/mol. The molecule has 0 bridgehead atoms. The molecule has 0 radical (unpaired) electrons. The molecule has 0 aliphatic rings. The molecule has 116 valence electrons. The molecule has 1 N–H and O–H groups in total. The van der Waals surface area contributed by atoms with Crippen LogP contribution in [0.2, 0.25) is 0 Å². The highest BCUT2D eigenvalue weighted by Crippen LogP contribution is 2.28. The van der Waals surface area contributed by atoms with Crippen molar-refractivity contribution in [1.29, 1.82) is 0 Å². The summed E-state index contributed by atoms with van der Waals surface area (Å²) in [6.45, 7) is 3.88. The van der Waals surface area contributed by atoms with E-state index < -0.39 is 0 Å². The van der Waals surface area contributed by atoms with Crippen LogP contribution in [-0.2, 0) is 0 Å². The average molecular weight is 323 g/mol. The fraction of sp³-hybridized carbons (Fsp3) is 0.167. The Morgan fingerprint density at radius 2 is 1.83 bits per heavy atom. The molecule has 23 heavy (non-hydrogen) atoms. The highest BCUT2D eigenvalue weighted by molar-refractivity contribution is 7.14. The van der Waals surface area contributed by atoms with E-state index in [4.69, 9.17) is 0 Å². The van der Waals surface area contributed by atoms with E-state index in [-0.39, 0.29) is 11.9 Å². The van der Waals surface area contributed by atoms with Crippen molar-refractivity contribution in [3.05, 3.63) is 70.3 Å². The lowest BCUT2D eigenvalue weighted by Crippen LogP contribution is -2.26. The number of aryl methyl sites for hydroxylation is 1. The molecule has 1 unspecified atom stereocenters. The number of amides is 1. The van der Waals surface area contributed by atoms with Gasteiger partial charge in [0.05, 0.1) is 16.7 Å². The minimum Gasteiger partial charge on any atom is -0.345 e. The van der Waals surface area contributed by atoms with E-state index in [0.717, 1.165) is 21.8 Å². The number of pyridine rings is 1. The summed E-state index contributed by atoms with van der Waals surface area (Å²) in [5.41, 5.74) is 2.72. The first-order chi connectivity index (χ1) is 11.1. The number of nitrogens with one attached hydrogen (secondary N) is 1. The SMILES string of the molecule is Cc1nc(-c2ccccc2)c(C(=O)NC(C)c2ccncc2)s1. The minimum atomic E-state index is -0.0984. The van der Waals surface area contributed by atoms with Crippen LogP contribution in [0.25, 0.3) is 11.3 Å². The molecule has 0 aliphatic carbocycles. The summed E-state index contributed by atoms with van der Waals surface area (Å²) in [6.07, 6.45) is 3.45. The summed E-state index contributed by atoms with van der Waals surface area (Å²) >= 11 is 1.42. The Morgan fingerprint density at radius 1 is 1.13 bits per heavy atom. The molecular weight excluding hydrogens is 306 g/mol. The molecule has 0 aliphatic heterocycles. The van der Waals surface area contributed by atoms with Gasteiger partial charge in [0.15, 0.2) is 0 Å². The number of nitrogens with zero attached hydrogens (tertiary/aromatic N) is 2. The van der Waals surface area contributed by atoms with Crippen LogP contribution in [0.4, 0.5) is 0 Å². The first-order valence-corrected chi connectivity index (χ1v) is 8.20. The zero-order chi connectivity index (χ0) is 16.2. The molecule has 0 saturated heterocycles. The maximum Gasteiger partial charge on any atom is 0.264 e. The molecule has 3 rings (SSSR count). The number of aromatic nitrogens is 2. The molecule has 4 nitrogen and oxygen atoms in total. The van der Waals surface area contributed by atoms with E-state index >= 15 is 0 Å². The van der Waals surface area contributed by atoms with E-state index in [1.54, 1.807) is 12.4 Å². The normalized spacial score (nSPS) is 11.9. The third-order valence-corrected chi connectivity index (χ3v) is 4.51. The third-order valence-electron chi connectivity index (χ3n) is 3.54. The average Bonchev–Trinajstić information content (AvgIpc) is 2.98. The topological polar surface area (TPSA) is 54.9 Å². The van der Waals surface area contributed by atoms with Gasteiger partial charge >= 0.3 is 0 Å². The second-order valence-electron chi connectivity index (χ2n) is 5.25. The smallest absolute Gasteiger partial charge is 0.264 e. The predicted molar refractivity (Wildman–Crippen MR) is 92.4 cm³/mol. The molecule has 2 aromatic heterocycles. The molecule has 0 saturated carbocycles. The summed E-state index contributed by atoms with van der Waals surface area (Å²) in [7, 11) is 0. The molecule has 3 aromatic rings. The number of hydrogen-bond acceptors (Lipinski definition) is 4. The van der Waals surface area contributed by atoms with Gasteiger partial charge in [-0.15, -0.1) is 11.3 Å². The van der Waals surface area contributed by atoms with Gasteiger partial charge in [-0.05, 0) is 31.5 Å². The van der Waals surface area contributed by atoms with Gasteiger partial charge in [-0.1, -0.05) is 30.3 Å². The lowest BCUT2D eigenvalue weighted by Gasteiger charge is -2.13. The van der Waals surface area contributed by atoms with Gasteiger partial charge in [-0.25, -0.2) is 4.98 Å². The Labute approximate surface area is 139 Å². The number of rotatable bonds is 4. The van der Waals surface area contributed by atoms with E-state index in [9.17, 15) is 4.79 Å². The van der Waals surface area contributed by atoms with Crippen molar-refractivity contribution in [2.24, 2.45) is 0 Å². The van der Waals surface area contributed by atoms with Crippen molar-refractivity contribution in [2.75, 3.05) is 0 Å². The molecule has 5 heteroatoms. The van der Waals surface area contributed by atoms with E-state index in [0.29, 0.717) is 4.88 Å². The van der Waals surface area contributed by atoms with Crippen molar-refractivity contribution < 1.29 is 4.79 Å². The Balaban J connectivity index is 1.86. The fourth-order valence-corrected chi connectivity index (χ4v) is 3.21. The summed E-state index contributed by atoms with van der Waals surface area (Å²) in [4.78, 5) is 21.9. The Bertz CT molecular complexity index is 800. The molecular formula is C18H17N3OS. The quantitative estimate of drug-likeness (QED) is 0.789.